The summed E-state index contributed by atoms with van der Waals surface area (Å²) in [5.74, 6) is 0. The first-order valence-electron chi connectivity index (χ1n) is 3.35. The first-order valence-corrected chi connectivity index (χ1v) is 4.23. The molecule has 0 aromatic carbocycles. The molecule has 1 heterocycles. The maximum Gasteiger partial charge on any atom is 0.0666 e. The molecular weight excluding hydrogens is 144 g/mol. The maximum atomic E-state index is 5.83. The molecule has 10 heavy (non-hydrogen) atoms. The molecule has 58 valence electrons. The van der Waals surface area contributed by atoms with E-state index in [9.17, 15) is 0 Å². The van der Waals surface area contributed by atoms with Crippen LogP contribution in [-0.4, -0.2) is 5.37 Å². The predicted octanol–water partition coefficient (Wildman–Crippen LogP) is 1.23. The van der Waals surface area contributed by atoms with Gasteiger partial charge in [-0.05, 0) is 12.5 Å². The van der Waals surface area contributed by atoms with E-state index in [2.05, 4.69) is 20.8 Å². The van der Waals surface area contributed by atoms with Crippen LogP contribution in [-0.2, 0) is 0 Å². The van der Waals surface area contributed by atoms with Gasteiger partial charge in [-0.25, -0.2) is 0 Å². The van der Waals surface area contributed by atoms with E-state index >= 15 is 0 Å². The van der Waals surface area contributed by atoms with Crippen LogP contribution in [0.1, 0.15) is 20.8 Å². The summed E-state index contributed by atoms with van der Waals surface area (Å²) < 4.78 is 0. The lowest BCUT2D eigenvalue weighted by Gasteiger charge is -2.24. The molecule has 0 radical (unpaired) electrons. The Morgan fingerprint density at radius 2 is 2.00 bits per heavy atom. The van der Waals surface area contributed by atoms with Crippen molar-refractivity contribution in [2.45, 2.75) is 26.1 Å². The monoisotopic (exact) mass is 158 g/mol. The minimum atomic E-state index is 0.0781. The fourth-order valence-electron chi connectivity index (χ4n) is 0.903. The molecule has 0 saturated heterocycles. The largest absolute Gasteiger partial charge is 0.394 e. The molecule has 3 heteroatoms. The average Bonchev–Trinajstić information content (AvgIpc) is 1.97. The summed E-state index contributed by atoms with van der Waals surface area (Å²) in [4.78, 5) is 0. The van der Waals surface area contributed by atoms with Crippen LogP contribution in [0.5, 0.6) is 0 Å². The van der Waals surface area contributed by atoms with Gasteiger partial charge in [0.05, 0.1) is 10.4 Å². The van der Waals surface area contributed by atoms with Gasteiger partial charge in [-0.2, -0.15) is 0 Å². The average molecular weight is 158 g/mol. The SMILES string of the molecule is CC1=C(N)SC(N)C1(C)C. The first-order chi connectivity index (χ1) is 4.46. The molecule has 2 nitrogen and oxygen atoms in total. The van der Waals surface area contributed by atoms with Gasteiger partial charge < -0.3 is 11.5 Å². The molecule has 0 saturated carbocycles. The number of hydrogen-bond acceptors (Lipinski definition) is 3. The lowest BCUT2D eigenvalue weighted by molar-refractivity contribution is 0.440. The molecule has 0 aliphatic carbocycles. The Bertz CT molecular complexity index is 184. The second-order valence-electron chi connectivity index (χ2n) is 3.25. The van der Waals surface area contributed by atoms with Crippen molar-refractivity contribution in [2.75, 3.05) is 0 Å². The summed E-state index contributed by atoms with van der Waals surface area (Å²) in [6, 6.07) is 0. The summed E-state index contributed by atoms with van der Waals surface area (Å²) in [5, 5.41) is 1.03. The summed E-state index contributed by atoms with van der Waals surface area (Å²) in [6.45, 7) is 6.30. The molecule has 0 aromatic heterocycles. The Morgan fingerprint density at radius 3 is 2.10 bits per heavy atom. The summed E-state index contributed by atoms with van der Waals surface area (Å²) >= 11 is 1.57. The van der Waals surface area contributed by atoms with Crippen molar-refractivity contribution in [1.82, 2.24) is 0 Å². The van der Waals surface area contributed by atoms with Gasteiger partial charge in [0, 0.05) is 5.41 Å². The maximum absolute atomic E-state index is 5.83. The smallest absolute Gasteiger partial charge is 0.0666 e. The Balaban J connectivity index is 2.94. The lowest BCUT2D eigenvalue weighted by atomic mass is 9.86. The topological polar surface area (TPSA) is 52.0 Å². The van der Waals surface area contributed by atoms with Gasteiger partial charge in [-0.1, -0.05) is 25.6 Å². The van der Waals surface area contributed by atoms with Crippen LogP contribution >= 0.6 is 11.8 Å². The highest BCUT2D eigenvalue weighted by atomic mass is 32.2. The van der Waals surface area contributed by atoms with Crippen molar-refractivity contribution in [3.05, 3.63) is 10.6 Å². The van der Waals surface area contributed by atoms with Crippen LogP contribution in [0.15, 0.2) is 10.6 Å². The number of thioether (sulfide) groups is 1. The zero-order valence-corrected chi connectivity index (χ0v) is 7.46. The van der Waals surface area contributed by atoms with E-state index in [0.29, 0.717) is 0 Å². The van der Waals surface area contributed by atoms with Gasteiger partial charge in [-0.15, -0.1) is 0 Å². The van der Waals surface area contributed by atoms with Gasteiger partial charge in [-0.3, -0.25) is 0 Å². The number of hydrogen-bond donors (Lipinski definition) is 2. The Kier molecular flexibility index (Phi) is 1.73. The highest BCUT2D eigenvalue weighted by molar-refractivity contribution is 8.03. The van der Waals surface area contributed by atoms with Gasteiger partial charge in [0.2, 0.25) is 0 Å². The van der Waals surface area contributed by atoms with Crippen molar-refractivity contribution in [3.63, 3.8) is 0 Å². The standard InChI is InChI=1S/C7H14N2S/c1-4-5(8)10-6(9)7(4,2)3/h6H,8-9H2,1-3H3. The van der Waals surface area contributed by atoms with E-state index in [-0.39, 0.29) is 10.8 Å². The highest BCUT2D eigenvalue weighted by Gasteiger charge is 2.36. The normalized spacial score (nSPS) is 31.4. The van der Waals surface area contributed by atoms with Crippen molar-refractivity contribution < 1.29 is 0 Å². The van der Waals surface area contributed by atoms with E-state index < -0.39 is 0 Å². The third-order valence-electron chi connectivity index (χ3n) is 2.30. The van der Waals surface area contributed by atoms with Crippen LogP contribution in [0.25, 0.3) is 0 Å². The van der Waals surface area contributed by atoms with E-state index in [1.807, 2.05) is 0 Å². The first kappa shape index (κ1) is 7.95. The zero-order chi connectivity index (χ0) is 7.94. The van der Waals surface area contributed by atoms with Gasteiger partial charge >= 0.3 is 0 Å². The minimum Gasteiger partial charge on any atom is -0.394 e. The zero-order valence-electron chi connectivity index (χ0n) is 6.64. The van der Waals surface area contributed by atoms with E-state index in [1.54, 1.807) is 11.8 Å². The fourth-order valence-corrected chi connectivity index (χ4v) is 2.09. The molecule has 1 atom stereocenters. The molecule has 0 aromatic rings. The van der Waals surface area contributed by atoms with Crippen LogP contribution in [0, 0.1) is 5.41 Å². The molecule has 1 unspecified atom stereocenters. The molecule has 0 spiro atoms. The third kappa shape index (κ3) is 0.935. The molecule has 1 aliphatic rings. The van der Waals surface area contributed by atoms with Crippen LogP contribution in [0.2, 0.25) is 0 Å². The van der Waals surface area contributed by atoms with Crippen molar-refractivity contribution in [1.29, 1.82) is 0 Å². The molecule has 0 amide bonds. The second kappa shape index (κ2) is 2.17. The van der Waals surface area contributed by atoms with Gasteiger partial charge in [0.15, 0.2) is 0 Å². The quantitative estimate of drug-likeness (QED) is 0.557. The molecule has 4 N–H and O–H groups in total. The minimum absolute atomic E-state index is 0.0781. The van der Waals surface area contributed by atoms with Crippen molar-refractivity contribution in [3.8, 4) is 0 Å². The lowest BCUT2D eigenvalue weighted by Crippen LogP contribution is -2.31. The van der Waals surface area contributed by atoms with E-state index in [4.69, 9.17) is 11.5 Å². The van der Waals surface area contributed by atoms with Crippen molar-refractivity contribution >= 4 is 11.8 Å². The van der Waals surface area contributed by atoms with E-state index in [1.165, 1.54) is 5.57 Å². The summed E-state index contributed by atoms with van der Waals surface area (Å²) in [7, 11) is 0. The van der Waals surface area contributed by atoms with Crippen LogP contribution < -0.4 is 11.5 Å². The molecule has 0 fully saturated rings. The van der Waals surface area contributed by atoms with E-state index in [0.717, 1.165) is 5.03 Å². The Hall–Kier alpha value is -0.150. The molecule has 1 rings (SSSR count). The number of nitrogens with two attached hydrogens (primary N) is 2. The summed E-state index contributed by atoms with van der Waals surface area (Å²) in [5.41, 5.74) is 12.8. The summed E-state index contributed by atoms with van der Waals surface area (Å²) in [6.07, 6.45) is 0. The molecule has 0 bridgehead atoms. The van der Waals surface area contributed by atoms with Gasteiger partial charge in [0.1, 0.15) is 0 Å². The number of rotatable bonds is 0. The molecular formula is C7H14N2S. The second-order valence-corrected chi connectivity index (χ2v) is 4.43. The highest BCUT2D eigenvalue weighted by Crippen LogP contribution is 2.45. The van der Waals surface area contributed by atoms with Crippen molar-refractivity contribution in [2.24, 2.45) is 16.9 Å². The fraction of sp³-hybridized carbons (Fsp3) is 0.714. The predicted molar refractivity (Wildman–Crippen MR) is 46.2 cm³/mol. The van der Waals surface area contributed by atoms with Crippen LogP contribution in [0.3, 0.4) is 0 Å². The molecule has 1 aliphatic heterocycles. The van der Waals surface area contributed by atoms with Crippen LogP contribution in [0.4, 0.5) is 0 Å². The Morgan fingerprint density at radius 1 is 1.50 bits per heavy atom. The van der Waals surface area contributed by atoms with Gasteiger partial charge in [0.25, 0.3) is 0 Å². The third-order valence-corrected chi connectivity index (χ3v) is 3.70. The Labute approximate surface area is 66.0 Å².